The molecule has 6 nitrogen and oxygen atoms in total. The van der Waals surface area contributed by atoms with Gasteiger partial charge in [-0.2, -0.15) is 0 Å². The summed E-state index contributed by atoms with van der Waals surface area (Å²) in [5.74, 6) is 0.0187. The maximum absolute atomic E-state index is 13.4. The average molecular weight is 541 g/mol. The molecule has 6 heteroatoms. The van der Waals surface area contributed by atoms with Crippen LogP contribution in [0.1, 0.15) is 71.6 Å². The van der Waals surface area contributed by atoms with E-state index in [0.717, 1.165) is 29.7 Å². The molecule has 2 fully saturated rings. The molecule has 2 saturated carbocycles. The van der Waals surface area contributed by atoms with Gasteiger partial charge in [0.1, 0.15) is 17.5 Å². The van der Waals surface area contributed by atoms with Crippen LogP contribution in [0.2, 0.25) is 0 Å². The number of hydrogen-bond donors (Lipinski definition) is 1. The van der Waals surface area contributed by atoms with E-state index in [4.69, 9.17) is 13.9 Å². The molecule has 2 aromatic carbocycles. The first kappa shape index (κ1) is 26.6. The molecule has 3 aliphatic carbocycles. The van der Waals surface area contributed by atoms with Crippen molar-refractivity contribution in [3.05, 3.63) is 102 Å². The van der Waals surface area contributed by atoms with Crippen molar-refractivity contribution in [2.75, 3.05) is 6.61 Å². The molecule has 6 rings (SSSR count). The summed E-state index contributed by atoms with van der Waals surface area (Å²) in [6.07, 6.45) is 4.20. The quantitative estimate of drug-likeness (QED) is 0.372. The van der Waals surface area contributed by atoms with Gasteiger partial charge in [0.2, 0.25) is 0 Å². The lowest BCUT2D eigenvalue weighted by molar-refractivity contribution is -0.289. The van der Waals surface area contributed by atoms with E-state index in [-0.39, 0.29) is 18.4 Å². The summed E-state index contributed by atoms with van der Waals surface area (Å²) in [6, 6.07) is 19.7. The predicted molar refractivity (Wildman–Crippen MR) is 150 cm³/mol. The van der Waals surface area contributed by atoms with Crippen molar-refractivity contribution in [3.8, 4) is 0 Å². The zero-order valence-electron chi connectivity index (χ0n) is 23.1. The number of benzene rings is 2. The van der Waals surface area contributed by atoms with Gasteiger partial charge < -0.3 is 19.0 Å². The van der Waals surface area contributed by atoms with Crippen LogP contribution in [0.3, 0.4) is 0 Å². The molecule has 0 saturated heterocycles. The summed E-state index contributed by atoms with van der Waals surface area (Å²) in [6.45, 7) is 8.55. The SMILES string of the molecule is C=C1c2ccoc2CC2C1CC(OC(=O)c1ccccc1)C1(O)C(C)(COC(=O)c3ccccc3)CCCC21C. The van der Waals surface area contributed by atoms with Gasteiger partial charge in [0.15, 0.2) is 0 Å². The van der Waals surface area contributed by atoms with Crippen LogP contribution in [0.15, 0.2) is 84.0 Å². The van der Waals surface area contributed by atoms with Crippen LogP contribution in [0.25, 0.3) is 5.57 Å². The number of fused-ring (bicyclic) bond motifs is 4. The molecule has 40 heavy (non-hydrogen) atoms. The molecule has 0 aliphatic heterocycles. The third-order valence-electron chi connectivity index (χ3n) is 10.2. The minimum absolute atomic E-state index is 0.0105. The van der Waals surface area contributed by atoms with Crippen molar-refractivity contribution in [1.82, 2.24) is 0 Å². The fraction of sp³-hybridized carbons (Fsp3) is 0.412. The fourth-order valence-corrected chi connectivity index (χ4v) is 8.06. The van der Waals surface area contributed by atoms with Crippen LogP contribution in [0.5, 0.6) is 0 Å². The predicted octanol–water partition coefficient (Wildman–Crippen LogP) is 6.50. The Morgan fingerprint density at radius 2 is 1.62 bits per heavy atom. The Morgan fingerprint density at radius 3 is 2.30 bits per heavy atom. The number of furan rings is 1. The van der Waals surface area contributed by atoms with E-state index in [9.17, 15) is 14.7 Å². The third kappa shape index (κ3) is 3.95. The molecule has 3 aromatic rings. The van der Waals surface area contributed by atoms with Crippen molar-refractivity contribution in [2.24, 2.45) is 22.7 Å². The molecule has 0 bridgehead atoms. The lowest BCUT2D eigenvalue weighted by atomic mass is 9.41. The summed E-state index contributed by atoms with van der Waals surface area (Å²) in [7, 11) is 0. The Labute approximate surface area is 235 Å². The maximum Gasteiger partial charge on any atom is 0.338 e. The normalized spacial score (nSPS) is 32.8. The Kier molecular flexibility index (Phi) is 6.49. The molecule has 3 aliphatic rings. The molecule has 1 N–H and O–H groups in total. The van der Waals surface area contributed by atoms with Crippen molar-refractivity contribution >= 4 is 17.5 Å². The summed E-state index contributed by atoms with van der Waals surface area (Å²) in [4.78, 5) is 26.4. The van der Waals surface area contributed by atoms with Crippen molar-refractivity contribution < 1.29 is 28.6 Å². The molecule has 208 valence electrons. The zero-order valence-corrected chi connectivity index (χ0v) is 23.1. The van der Waals surface area contributed by atoms with E-state index in [1.807, 2.05) is 25.1 Å². The Balaban J connectivity index is 1.40. The number of allylic oxidation sites excluding steroid dienone is 1. The smallest absolute Gasteiger partial charge is 0.338 e. The van der Waals surface area contributed by atoms with Gasteiger partial charge in [-0.25, -0.2) is 9.59 Å². The first-order chi connectivity index (χ1) is 19.2. The Hall–Kier alpha value is -3.64. The van der Waals surface area contributed by atoms with Crippen LogP contribution in [0, 0.1) is 22.7 Å². The number of rotatable bonds is 5. The van der Waals surface area contributed by atoms with Crippen molar-refractivity contribution in [3.63, 3.8) is 0 Å². The highest BCUT2D eigenvalue weighted by atomic mass is 16.6. The van der Waals surface area contributed by atoms with Gasteiger partial charge in [-0.3, -0.25) is 0 Å². The summed E-state index contributed by atoms with van der Waals surface area (Å²) >= 11 is 0. The highest BCUT2D eigenvalue weighted by Gasteiger charge is 2.71. The largest absolute Gasteiger partial charge is 0.469 e. The zero-order chi connectivity index (χ0) is 28.1. The van der Waals surface area contributed by atoms with Crippen LogP contribution >= 0.6 is 0 Å². The van der Waals surface area contributed by atoms with E-state index in [2.05, 4.69) is 13.5 Å². The van der Waals surface area contributed by atoms with Crippen molar-refractivity contribution in [2.45, 2.75) is 57.7 Å². The molecule has 1 heterocycles. The lowest BCUT2D eigenvalue weighted by Crippen LogP contribution is -2.74. The number of ether oxygens (including phenoxy) is 2. The van der Waals surface area contributed by atoms with E-state index >= 15 is 0 Å². The third-order valence-corrected chi connectivity index (χ3v) is 10.2. The number of aliphatic hydroxyl groups is 1. The number of carbonyl (C=O) groups excluding carboxylic acids is 2. The summed E-state index contributed by atoms with van der Waals surface area (Å²) in [5, 5.41) is 13.1. The lowest BCUT2D eigenvalue weighted by Gasteiger charge is -2.67. The number of carbonyl (C=O) groups is 2. The molecule has 6 unspecified atom stereocenters. The van der Waals surface area contributed by atoms with Gasteiger partial charge in [-0.05, 0) is 67.0 Å². The standard InChI is InChI=1S/C34H36O6/c1-22-25-15-18-38-28(25)20-27-26(22)19-29(40-31(36)24-13-8-5-9-14-24)34(37)32(2,16-10-17-33(27,34)3)21-39-30(35)23-11-6-4-7-12-23/h4-9,11-15,18,26-27,29,37H,1,10,16-17,19-21H2,2-3H3. The summed E-state index contributed by atoms with van der Waals surface area (Å²) in [5.41, 5.74) is -0.112. The van der Waals surface area contributed by atoms with Crippen LogP contribution in [-0.2, 0) is 15.9 Å². The van der Waals surface area contributed by atoms with E-state index in [1.165, 1.54) is 0 Å². The number of hydrogen-bond acceptors (Lipinski definition) is 6. The highest BCUT2D eigenvalue weighted by molar-refractivity contribution is 5.90. The second-order valence-electron chi connectivity index (χ2n) is 12.2. The Morgan fingerprint density at radius 1 is 0.975 bits per heavy atom. The molecule has 0 radical (unpaired) electrons. The van der Waals surface area contributed by atoms with E-state index in [1.54, 1.807) is 54.8 Å². The van der Waals surface area contributed by atoms with Gasteiger partial charge in [0.25, 0.3) is 0 Å². The van der Waals surface area contributed by atoms with Crippen LogP contribution in [-0.4, -0.2) is 35.4 Å². The average Bonchev–Trinajstić information content (AvgIpc) is 3.45. The minimum Gasteiger partial charge on any atom is -0.469 e. The van der Waals surface area contributed by atoms with Gasteiger partial charge in [-0.1, -0.05) is 63.2 Å². The van der Waals surface area contributed by atoms with Gasteiger partial charge in [0.05, 0.1) is 24.0 Å². The van der Waals surface area contributed by atoms with Crippen LogP contribution < -0.4 is 0 Å². The van der Waals surface area contributed by atoms with Gasteiger partial charge >= 0.3 is 11.9 Å². The van der Waals surface area contributed by atoms with E-state index < -0.39 is 34.5 Å². The monoisotopic (exact) mass is 540 g/mol. The molecular formula is C34H36O6. The summed E-state index contributed by atoms with van der Waals surface area (Å²) < 4.78 is 18.0. The second-order valence-corrected chi connectivity index (χ2v) is 12.2. The molecule has 6 atom stereocenters. The maximum atomic E-state index is 13.4. The Bertz CT molecular complexity index is 1430. The van der Waals surface area contributed by atoms with Gasteiger partial charge in [-0.15, -0.1) is 0 Å². The van der Waals surface area contributed by atoms with Crippen molar-refractivity contribution in [1.29, 1.82) is 0 Å². The molecule has 0 spiro atoms. The topological polar surface area (TPSA) is 86.0 Å². The minimum atomic E-state index is -1.47. The fourth-order valence-electron chi connectivity index (χ4n) is 8.06. The number of esters is 2. The first-order valence-electron chi connectivity index (χ1n) is 14.1. The molecular weight excluding hydrogens is 504 g/mol. The van der Waals surface area contributed by atoms with E-state index in [0.29, 0.717) is 30.4 Å². The van der Waals surface area contributed by atoms with Crippen LogP contribution in [0.4, 0.5) is 0 Å². The first-order valence-corrected chi connectivity index (χ1v) is 14.1. The molecule has 1 aromatic heterocycles. The second kappa shape index (κ2) is 9.77. The highest BCUT2D eigenvalue weighted by Crippen LogP contribution is 2.67. The van der Waals surface area contributed by atoms with Gasteiger partial charge in [0, 0.05) is 22.8 Å². The molecule has 0 amide bonds.